The van der Waals surface area contributed by atoms with Crippen molar-refractivity contribution in [3.63, 3.8) is 0 Å². The van der Waals surface area contributed by atoms with E-state index in [2.05, 4.69) is 40.1 Å². The molecule has 1 amide bonds. The van der Waals surface area contributed by atoms with E-state index in [9.17, 15) is 4.79 Å². The van der Waals surface area contributed by atoms with Gasteiger partial charge in [0.15, 0.2) is 0 Å². The van der Waals surface area contributed by atoms with Gasteiger partial charge in [-0.25, -0.2) is 0 Å². The van der Waals surface area contributed by atoms with Crippen LogP contribution in [0.2, 0.25) is 0 Å². The standard InChI is InChI=1S/C17H27N3O2S.2ClH/c1-12-15(18-7-9-22-12)17(21)19-11-13-5-3-8-20(2)16(13)14-6-4-10-23-14;;/h4,6,10,12-13,15-16,18H,3,5,7-9,11H2,1-2H3,(H,19,21);2*1H/t12-,13?,15+,16?;;/m1../s1. The van der Waals surface area contributed by atoms with Gasteiger partial charge in [-0.15, -0.1) is 36.2 Å². The van der Waals surface area contributed by atoms with Gasteiger partial charge in [0.1, 0.15) is 6.04 Å². The summed E-state index contributed by atoms with van der Waals surface area (Å²) >= 11 is 1.81. The van der Waals surface area contributed by atoms with Gasteiger partial charge >= 0.3 is 0 Å². The van der Waals surface area contributed by atoms with Crippen LogP contribution < -0.4 is 10.6 Å². The summed E-state index contributed by atoms with van der Waals surface area (Å²) < 4.78 is 5.57. The third kappa shape index (κ3) is 5.55. The Kier molecular flexibility index (Phi) is 9.70. The molecule has 3 heterocycles. The highest BCUT2D eigenvalue weighted by atomic mass is 35.5. The van der Waals surface area contributed by atoms with Gasteiger partial charge in [-0.1, -0.05) is 6.07 Å². The van der Waals surface area contributed by atoms with Crippen LogP contribution >= 0.6 is 36.2 Å². The maximum Gasteiger partial charge on any atom is 0.239 e. The molecule has 4 atom stereocenters. The highest BCUT2D eigenvalue weighted by Gasteiger charge is 2.33. The van der Waals surface area contributed by atoms with E-state index >= 15 is 0 Å². The van der Waals surface area contributed by atoms with Gasteiger partial charge in [0, 0.05) is 24.0 Å². The Hall–Kier alpha value is -0.370. The second kappa shape index (κ2) is 10.7. The predicted molar refractivity (Wildman–Crippen MR) is 107 cm³/mol. The number of amides is 1. The van der Waals surface area contributed by atoms with E-state index in [1.165, 1.54) is 11.3 Å². The zero-order valence-electron chi connectivity index (χ0n) is 14.8. The summed E-state index contributed by atoms with van der Waals surface area (Å²) in [7, 11) is 2.19. The number of nitrogens with zero attached hydrogens (tertiary/aromatic N) is 1. The molecule has 1 aromatic rings. The highest BCUT2D eigenvalue weighted by molar-refractivity contribution is 7.10. The second-order valence-electron chi connectivity index (χ2n) is 6.60. The van der Waals surface area contributed by atoms with Crippen molar-refractivity contribution in [2.45, 2.75) is 38.0 Å². The Labute approximate surface area is 166 Å². The number of thiophene rings is 1. The van der Waals surface area contributed by atoms with Gasteiger partial charge in [0.2, 0.25) is 5.91 Å². The molecule has 2 aliphatic rings. The first kappa shape index (κ1) is 22.7. The molecular formula is C17H29Cl2N3O2S. The number of hydrogen-bond acceptors (Lipinski definition) is 5. The molecule has 2 saturated heterocycles. The van der Waals surface area contributed by atoms with Crippen LogP contribution in [-0.4, -0.2) is 56.2 Å². The normalized spacial score (nSPS) is 30.0. The van der Waals surface area contributed by atoms with E-state index in [0.717, 1.165) is 26.1 Å². The van der Waals surface area contributed by atoms with Crippen LogP contribution in [0.3, 0.4) is 0 Å². The first-order valence-electron chi connectivity index (χ1n) is 8.53. The fourth-order valence-corrected chi connectivity index (χ4v) is 4.73. The monoisotopic (exact) mass is 409 g/mol. The van der Waals surface area contributed by atoms with Crippen molar-refractivity contribution in [1.82, 2.24) is 15.5 Å². The van der Waals surface area contributed by atoms with Crippen LogP contribution in [0, 0.1) is 5.92 Å². The predicted octanol–water partition coefficient (Wildman–Crippen LogP) is 2.47. The van der Waals surface area contributed by atoms with Gasteiger partial charge in [0.25, 0.3) is 0 Å². The molecule has 0 bridgehead atoms. The first-order chi connectivity index (χ1) is 11.2. The molecule has 144 valence electrons. The Morgan fingerprint density at radius 3 is 2.96 bits per heavy atom. The molecule has 2 fully saturated rings. The summed E-state index contributed by atoms with van der Waals surface area (Å²) in [5.41, 5.74) is 0. The third-order valence-corrected chi connectivity index (χ3v) is 5.92. The lowest BCUT2D eigenvalue weighted by atomic mass is 9.88. The van der Waals surface area contributed by atoms with Gasteiger partial charge in [0.05, 0.1) is 12.7 Å². The lowest BCUT2D eigenvalue weighted by molar-refractivity contribution is -0.129. The van der Waals surface area contributed by atoms with Crippen molar-refractivity contribution in [3.8, 4) is 0 Å². The molecule has 0 spiro atoms. The summed E-state index contributed by atoms with van der Waals surface area (Å²) in [6.45, 7) is 5.24. The lowest BCUT2D eigenvalue weighted by Gasteiger charge is -2.39. The summed E-state index contributed by atoms with van der Waals surface area (Å²) in [6, 6.07) is 4.51. The lowest BCUT2D eigenvalue weighted by Crippen LogP contribution is -2.56. The number of piperidine rings is 1. The largest absolute Gasteiger partial charge is 0.375 e. The zero-order chi connectivity index (χ0) is 16.2. The number of likely N-dealkylation sites (tertiary alicyclic amines) is 1. The minimum atomic E-state index is -0.231. The van der Waals surface area contributed by atoms with Crippen LogP contribution in [-0.2, 0) is 9.53 Å². The van der Waals surface area contributed by atoms with Crippen molar-refractivity contribution < 1.29 is 9.53 Å². The number of carbonyl (C=O) groups excluding carboxylic acids is 1. The average molecular weight is 410 g/mol. The number of ether oxygens (including phenoxy) is 1. The van der Waals surface area contributed by atoms with Gasteiger partial charge in [-0.2, -0.15) is 0 Å². The molecule has 2 N–H and O–H groups in total. The Morgan fingerprint density at radius 1 is 1.48 bits per heavy atom. The third-order valence-electron chi connectivity index (χ3n) is 4.98. The fraction of sp³-hybridized carbons (Fsp3) is 0.706. The number of morpholine rings is 1. The number of rotatable bonds is 4. The smallest absolute Gasteiger partial charge is 0.239 e. The molecular weight excluding hydrogens is 381 g/mol. The fourth-order valence-electron chi connectivity index (χ4n) is 3.75. The number of nitrogens with one attached hydrogen (secondary N) is 2. The molecule has 2 unspecified atom stereocenters. The molecule has 2 aliphatic heterocycles. The maximum atomic E-state index is 12.5. The molecule has 5 nitrogen and oxygen atoms in total. The van der Waals surface area contributed by atoms with Gasteiger partial charge in [-0.3, -0.25) is 9.69 Å². The van der Waals surface area contributed by atoms with Gasteiger partial charge < -0.3 is 15.4 Å². The molecule has 0 radical (unpaired) electrons. The van der Waals surface area contributed by atoms with E-state index in [0.29, 0.717) is 18.6 Å². The van der Waals surface area contributed by atoms with Crippen molar-refractivity contribution in [2.75, 3.05) is 33.3 Å². The second-order valence-corrected chi connectivity index (χ2v) is 7.58. The molecule has 8 heteroatoms. The quantitative estimate of drug-likeness (QED) is 0.801. The maximum absolute atomic E-state index is 12.5. The molecule has 0 saturated carbocycles. The van der Waals surface area contributed by atoms with Crippen LogP contribution in [0.15, 0.2) is 17.5 Å². The SMILES string of the molecule is C[C@H]1OCCN[C@@H]1C(=O)NCC1CCCN(C)C1c1cccs1.Cl.Cl. The average Bonchev–Trinajstić information content (AvgIpc) is 3.07. The number of hydrogen-bond donors (Lipinski definition) is 2. The molecule has 3 rings (SSSR count). The highest BCUT2D eigenvalue weighted by Crippen LogP contribution is 2.36. The van der Waals surface area contributed by atoms with Crippen molar-refractivity contribution >= 4 is 42.1 Å². The first-order valence-corrected chi connectivity index (χ1v) is 9.41. The van der Waals surface area contributed by atoms with Gasteiger partial charge in [-0.05, 0) is 50.7 Å². The van der Waals surface area contributed by atoms with Crippen molar-refractivity contribution in [1.29, 1.82) is 0 Å². The molecule has 0 aliphatic carbocycles. The minimum Gasteiger partial charge on any atom is -0.375 e. The number of carbonyl (C=O) groups is 1. The van der Waals surface area contributed by atoms with Crippen molar-refractivity contribution in [3.05, 3.63) is 22.4 Å². The van der Waals surface area contributed by atoms with Crippen LogP contribution in [0.25, 0.3) is 0 Å². The zero-order valence-corrected chi connectivity index (χ0v) is 17.2. The van der Waals surface area contributed by atoms with E-state index in [4.69, 9.17) is 4.74 Å². The molecule has 1 aromatic heterocycles. The van der Waals surface area contributed by atoms with Crippen molar-refractivity contribution in [2.24, 2.45) is 5.92 Å². The summed E-state index contributed by atoms with van der Waals surface area (Å²) in [6.07, 6.45) is 2.29. The van der Waals surface area contributed by atoms with E-state index < -0.39 is 0 Å². The van der Waals surface area contributed by atoms with E-state index in [1.54, 1.807) is 0 Å². The number of halogens is 2. The Morgan fingerprint density at radius 2 is 2.28 bits per heavy atom. The van der Waals surface area contributed by atoms with Crippen LogP contribution in [0.5, 0.6) is 0 Å². The minimum absolute atomic E-state index is 0. The van der Waals surface area contributed by atoms with E-state index in [-0.39, 0.29) is 42.9 Å². The van der Waals surface area contributed by atoms with E-state index in [1.807, 2.05) is 18.3 Å². The Bertz CT molecular complexity index is 518. The summed E-state index contributed by atoms with van der Waals surface area (Å²) in [4.78, 5) is 16.3. The molecule has 25 heavy (non-hydrogen) atoms. The molecule has 0 aromatic carbocycles. The van der Waals surface area contributed by atoms with Crippen LogP contribution in [0.4, 0.5) is 0 Å². The summed E-state index contributed by atoms with van der Waals surface area (Å²) in [5, 5.41) is 8.56. The van der Waals surface area contributed by atoms with Crippen LogP contribution in [0.1, 0.15) is 30.7 Å². The topological polar surface area (TPSA) is 53.6 Å². The Balaban J connectivity index is 0.00000156. The summed E-state index contributed by atoms with van der Waals surface area (Å²) in [5.74, 6) is 0.534.